The number of aromatic nitrogens is 2. The van der Waals surface area contributed by atoms with E-state index in [1.165, 1.54) is 0 Å². The van der Waals surface area contributed by atoms with Crippen molar-refractivity contribution in [1.82, 2.24) is 9.97 Å². The zero-order valence-electron chi connectivity index (χ0n) is 10.3. The third kappa shape index (κ3) is 2.69. The Balaban J connectivity index is 1.76. The lowest BCUT2D eigenvalue weighted by molar-refractivity contribution is 0.266. The number of hydrogen-bond acceptors (Lipinski definition) is 4. The van der Waals surface area contributed by atoms with Gasteiger partial charge in [-0.2, -0.15) is 0 Å². The molecule has 0 N–H and O–H groups in total. The van der Waals surface area contributed by atoms with Crippen molar-refractivity contribution in [2.45, 2.75) is 13.5 Å². The van der Waals surface area contributed by atoms with Crippen LogP contribution in [0.3, 0.4) is 0 Å². The zero-order valence-corrected chi connectivity index (χ0v) is 11.0. The molecular formula is C14H11ClN2O2. The number of hydrogen-bond donors (Lipinski definition) is 0. The Morgan fingerprint density at radius 2 is 1.89 bits per heavy atom. The fraction of sp³-hybridized carbons (Fsp3) is 0.143. The van der Waals surface area contributed by atoms with Crippen LogP contribution in [0.25, 0.3) is 11.2 Å². The first-order chi connectivity index (χ1) is 9.20. The van der Waals surface area contributed by atoms with Crippen molar-refractivity contribution < 1.29 is 9.15 Å². The van der Waals surface area contributed by atoms with Crippen LogP contribution in [0.5, 0.6) is 5.75 Å². The average Bonchev–Trinajstić information content (AvgIpc) is 2.80. The van der Waals surface area contributed by atoms with Gasteiger partial charge in [-0.25, -0.2) is 9.97 Å². The number of oxazole rings is 1. The highest BCUT2D eigenvalue weighted by Crippen LogP contribution is 2.18. The van der Waals surface area contributed by atoms with Crippen LogP contribution >= 0.6 is 11.6 Å². The Morgan fingerprint density at radius 1 is 1.11 bits per heavy atom. The summed E-state index contributed by atoms with van der Waals surface area (Å²) >= 11 is 5.80. The van der Waals surface area contributed by atoms with Crippen LogP contribution in [0.15, 0.2) is 40.8 Å². The SMILES string of the molecule is Cc1ccc2nc(COc3ccc(Cl)cc3)oc2n1. The van der Waals surface area contributed by atoms with E-state index >= 15 is 0 Å². The van der Waals surface area contributed by atoms with Crippen molar-refractivity contribution in [3.05, 3.63) is 53.0 Å². The molecule has 3 rings (SSSR count). The molecule has 0 aliphatic carbocycles. The number of fused-ring (bicyclic) bond motifs is 1. The number of halogens is 1. The van der Waals surface area contributed by atoms with Crippen molar-refractivity contribution in [1.29, 1.82) is 0 Å². The second-order valence-corrected chi connectivity index (χ2v) is 4.56. The van der Waals surface area contributed by atoms with Gasteiger partial charge < -0.3 is 9.15 Å². The molecule has 19 heavy (non-hydrogen) atoms. The van der Waals surface area contributed by atoms with E-state index in [4.69, 9.17) is 20.8 Å². The van der Waals surface area contributed by atoms with Gasteiger partial charge in [-0.1, -0.05) is 11.6 Å². The molecule has 2 heterocycles. The lowest BCUT2D eigenvalue weighted by Crippen LogP contribution is -1.94. The van der Waals surface area contributed by atoms with Gasteiger partial charge >= 0.3 is 0 Å². The summed E-state index contributed by atoms with van der Waals surface area (Å²) in [6, 6.07) is 10.9. The molecule has 5 heteroatoms. The summed E-state index contributed by atoms with van der Waals surface area (Å²) in [5, 5.41) is 0.675. The molecule has 0 saturated heterocycles. The Morgan fingerprint density at radius 3 is 2.68 bits per heavy atom. The second-order valence-electron chi connectivity index (χ2n) is 4.13. The van der Waals surface area contributed by atoms with E-state index < -0.39 is 0 Å². The molecule has 0 aliphatic rings. The molecule has 0 amide bonds. The van der Waals surface area contributed by atoms with Crippen molar-refractivity contribution in [2.75, 3.05) is 0 Å². The Bertz CT molecular complexity index is 707. The summed E-state index contributed by atoms with van der Waals surface area (Å²) in [4.78, 5) is 8.57. The van der Waals surface area contributed by atoms with Crippen LogP contribution in [0.1, 0.15) is 11.6 Å². The molecule has 0 aliphatic heterocycles. The van der Waals surface area contributed by atoms with Gasteiger partial charge in [0.15, 0.2) is 6.61 Å². The number of rotatable bonds is 3. The van der Waals surface area contributed by atoms with Gasteiger partial charge in [0.1, 0.15) is 11.3 Å². The Labute approximate surface area is 115 Å². The lowest BCUT2D eigenvalue weighted by atomic mass is 10.3. The van der Waals surface area contributed by atoms with Gasteiger partial charge in [0, 0.05) is 10.7 Å². The van der Waals surface area contributed by atoms with Gasteiger partial charge in [0.25, 0.3) is 0 Å². The van der Waals surface area contributed by atoms with Crippen molar-refractivity contribution in [3.8, 4) is 5.75 Å². The number of pyridine rings is 1. The van der Waals surface area contributed by atoms with Gasteiger partial charge in [-0.15, -0.1) is 0 Å². The monoisotopic (exact) mass is 274 g/mol. The van der Waals surface area contributed by atoms with Gasteiger partial charge in [0.2, 0.25) is 11.6 Å². The van der Waals surface area contributed by atoms with E-state index in [-0.39, 0.29) is 6.61 Å². The second kappa shape index (κ2) is 4.90. The summed E-state index contributed by atoms with van der Waals surface area (Å²) in [5.41, 5.74) is 2.17. The highest BCUT2D eigenvalue weighted by molar-refractivity contribution is 6.30. The van der Waals surface area contributed by atoms with Crippen LogP contribution in [-0.2, 0) is 6.61 Å². The molecular weight excluding hydrogens is 264 g/mol. The van der Waals surface area contributed by atoms with E-state index in [0.717, 1.165) is 17.0 Å². The minimum absolute atomic E-state index is 0.261. The third-order valence-corrected chi connectivity index (χ3v) is 2.87. The number of benzene rings is 1. The van der Waals surface area contributed by atoms with E-state index in [9.17, 15) is 0 Å². The minimum Gasteiger partial charge on any atom is -0.484 e. The minimum atomic E-state index is 0.261. The fourth-order valence-corrected chi connectivity index (χ4v) is 1.82. The number of ether oxygens (including phenoxy) is 1. The summed E-state index contributed by atoms with van der Waals surface area (Å²) in [7, 11) is 0. The van der Waals surface area contributed by atoms with Gasteiger partial charge in [-0.3, -0.25) is 0 Å². The molecule has 0 bridgehead atoms. The molecule has 3 aromatic rings. The van der Waals surface area contributed by atoms with E-state index in [1.54, 1.807) is 24.3 Å². The summed E-state index contributed by atoms with van der Waals surface area (Å²) in [5.74, 6) is 1.22. The summed E-state index contributed by atoms with van der Waals surface area (Å²) in [6.07, 6.45) is 0. The largest absolute Gasteiger partial charge is 0.484 e. The highest BCUT2D eigenvalue weighted by Gasteiger charge is 2.07. The maximum Gasteiger partial charge on any atom is 0.247 e. The lowest BCUT2D eigenvalue weighted by Gasteiger charge is -2.02. The van der Waals surface area contributed by atoms with Crippen LogP contribution in [0.2, 0.25) is 5.02 Å². The smallest absolute Gasteiger partial charge is 0.247 e. The molecule has 0 fully saturated rings. The molecule has 0 unspecified atom stereocenters. The standard InChI is InChI=1S/C14H11ClN2O2/c1-9-2-7-12-14(16-9)19-13(17-12)8-18-11-5-3-10(15)4-6-11/h2-7H,8H2,1H3. The first-order valence-electron chi connectivity index (χ1n) is 5.82. The van der Waals surface area contributed by atoms with Crippen LogP contribution in [0.4, 0.5) is 0 Å². The van der Waals surface area contributed by atoms with E-state index in [2.05, 4.69) is 9.97 Å². The van der Waals surface area contributed by atoms with Crippen molar-refractivity contribution in [3.63, 3.8) is 0 Å². The van der Waals surface area contributed by atoms with Gasteiger partial charge in [0.05, 0.1) is 0 Å². The topological polar surface area (TPSA) is 48.2 Å². The maximum atomic E-state index is 5.80. The molecule has 96 valence electrons. The molecule has 0 saturated carbocycles. The highest BCUT2D eigenvalue weighted by atomic mass is 35.5. The zero-order chi connectivity index (χ0) is 13.2. The number of aryl methyl sites for hydroxylation is 1. The first kappa shape index (κ1) is 12.0. The third-order valence-electron chi connectivity index (χ3n) is 2.62. The first-order valence-corrected chi connectivity index (χ1v) is 6.20. The van der Waals surface area contributed by atoms with E-state index in [0.29, 0.717) is 16.6 Å². The Kier molecular flexibility index (Phi) is 3.09. The predicted octanol–water partition coefficient (Wildman–Crippen LogP) is 3.76. The number of nitrogens with zero attached hydrogens (tertiary/aromatic N) is 2. The fourth-order valence-electron chi connectivity index (χ4n) is 1.69. The predicted molar refractivity (Wildman–Crippen MR) is 72.3 cm³/mol. The van der Waals surface area contributed by atoms with Gasteiger partial charge in [-0.05, 0) is 43.3 Å². The maximum absolute atomic E-state index is 5.80. The van der Waals surface area contributed by atoms with Crippen molar-refractivity contribution >= 4 is 22.8 Å². The normalized spacial score (nSPS) is 10.8. The average molecular weight is 275 g/mol. The van der Waals surface area contributed by atoms with Crippen LogP contribution < -0.4 is 4.74 Å². The summed E-state index contributed by atoms with van der Waals surface area (Å²) in [6.45, 7) is 2.17. The van der Waals surface area contributed by atoms with Crippen LogP contribution in [0, 0.1) is 6.92 Å². The Hall–Kier alpha value is -2.07. The molecule has 1 aromatic carbocycles. The molecule has 0 spiro atoms. The van der Waals surface area contributed by atoms with E-state index in [1.807, 2.05) is 19.1 Å². The quantitative estimate of drug-likeness (QED) is 0.729. The molecule has 0 atom stereocenters. The van der Waals surface area contributed by atoms with Crippen molar-refractivity contribution in [2.24, 2.45) is 0 Å². The molecule has 4 nitrogen and oxygen atoms in total. The summed E-state index contributed by atoms with van der Waals surface area (Å²) < 4.78 is 11.1. The molecule has 0 radical (unpaired) electrons. The van der Waals surface area contributed by atoms with Crippen LogP contribution in [-0.4, -0.2) is 9.97 Å². The molecule has 2 aromatic heterocycles.